The molecule has 9 heteroatoms. The fourth-order valence-electron chi connectivity index (χ4n) is 3.05. The van der Waals surface area contributed by atoms with Gasteiger partial charge in [0.05, 0.1) is 19.3 Å². The van der Waals surface area contributed by atoms with Gasteiger partial charge in [-0.05, 0) is 62.5 Å². The van der Waals surface area contributed by atoms with E-state index in [1.165, 1.54) is 6.92 Å². The highest BCUT2D eigenvalue weighted by molar-refractivity contribution is 5.98. The van der Waals surface area contributed by atoms with Gasteiger partial charge in [-0.3, -0.25) is 19.3 Å². The van der Waals surface area contributed by atoms with Gasteiger partial charge in [0.25, 0.3) is 5.91 Å². The molecule has 0 saturated carbocycles. The van der Waals surface area contributed by atoms with Crippen molar-refractivity contribution in [1.82, 2.24) is 10.2 Å². The van der Waals surface area contributed by atoms with Gasteiger partial charge in [-0.15, -0.1) is 0 Å². The standard InChI is InChI=1S/C26H31N3O6/c1-18(31)25(23(32)17-30)28-26(34)21-10-6-19(7-11-21)4-5-20-8-12-22(13-9-20)27-24(33)16-29(2)14-15-35-3/h6-13,18,25,30-31H,14-17H2,1-3H3,(H,27,33)(H,28,34)/t18-,25+/m1/s1. The number of likely N-dealkylation sites (N-methyl/N-ethyl adjacent to an activating group) is 1. The number of ether oxygens (including phenoxy) is 1. The number of ketones is 1. The molecule has 2 aromatic rings. The molecule has 0 saturated heterocycles. The van der Waals surface area contributed by atoms with Gasteiger partial charge in [0.2, 0.25) is 5.91 Å². The maximum absolute atomic E-state index is 12.4. The highest BCUT2D eigenvalue weighted by atomic mass is 16.5. The summed E-state index contributed by atoms with van der Waals surface area (Å²) < 4.78 is 5.00. The highest BCUT2D eigenvalue weighted by Crippen LogP contribution is 2.10. The Morgan fingerprint density at radius 3 is 2.11 bits per heavy atom. The van der Waals surface area contributed by atoms with Crippen molar-refractivity contribution in [3.63, 3.8) is 0 Å². The summed E-state index contributed by atoms with van der Waals surface area (Å²) in [4.78, 5) is 38.0. The third kappa shape index (κ3) is 9.31. The van der Waals surface area contributed by atoms with E-state index in [9.17, 15) is 19.5 Å². The molecule has 9 nitrogen and oxygen atoms in total. The molecule has 35 heavy (non-hydrogen) atoms. The van der Waals surface area contributed by atoms with E-state index in [1.807, 2.05) is 11.9 Å². The number of rotatable bonds is 11. The zero-order chi connectivity index (χ0) is 25.8. The van der Waals surface area contributed by atoms with Crippen LogP contribution in [0.4, 0.5) is 5.69 Å². The van der Waals surface area contributed by atoms with Crippen molar-refractivity contribution in [3.8, 4) is 11.8 Å². The quantitative estimate of drug-likeness (QED) is 0.347. The third-order valence-electron chi connectivity index (χ3n) is 5.03. The number of aliphatic hydroxyl groups excluding tert-OH is 2. The number of carbonyl (C=O) groups is 3. The summed E-state index contributed by atoms with van der Waals surface area (Å²) in [5.74, 6) is 4.70. The Morgan fingerprint density at radius 1 is 1.03 bits per heavy atom. The van der Waals surface area contributed by atoms with E-state index < -0.39 is 30.4 Å². The lowest BCUT2D eigenvalue weighted by Gasteiger charge is -2.19. The summed E-state index contributed by atoms with van der Waals surface area (Å²) in [5, 5.41) is 23.9. The molecule has 4 N–H and O–H groups in total. The molecule has 0 fully saturated rings. The van der Waals surface area contributed by atoms with E-state index in [-0.39, 0.29) is 12.5 Å². The fraction of sp³-hybridized carbons (Fsp3) is 0.346. The van der Waals surface area contributed by atoms with Crippen LogP contribution in [-0.4, -0.2) is 85.3 Å². The molecule has 0 aliphatic heterocycles. The highest BCUT2D eigenvalue weighted by Gasteiger charge is 2.25. The van der Waals surface area contributed by atoms with Crippen molar-refractivity contribution in [1.29, 1.82) is 0 Å². The van der Waals surface area contributed by atoms with Crippen LogP contribution in [0.15, 0.2) is 48.5 Å². The molecule has 0 aromatic heterocycles. The topological polar surface area (TPSA) is 128 Å². The first kappa shape index (κ1) is 27.7. The van der Waals surface area contributed by atoms with Crippen molar-refractivity contribution in [3.05, 3.63) is 65.2 Å². The molecular weight excluding hydrogens is 450 g/mol. The third-order valence-corrected chi connectivity index (χ3v) is 5.03. The SMILES string of the molecule is COCCN(C)CC(=O)Nc1ccc(C#Cc2ccc(C(=O)N[C@H](C(=O)CO)[C@@H](C)O)cc2)cc1. The summed E-state index contributed by atoms with van der Waals surface area (Å²) in [7, 11) is 3.47. The van der Waals surface area contributed by atoms with E-state index in [2.05, 4.69) is 22.5 Å². The average Bonchev–Trinajstić information content (AvgIpc) is 2.85. The Hall–Kier alpha value is -3.55. The lowest BCUT2D eigenvalue weighted by molar-refractivity contribution is -0.126. The minimum atomic E-state index is -1.18. The number of aliphatic hydroxyl groups is 2. The smallest absolute Gasteiger partial charge is 0.251 e. The second-order valence-electron chi connectivity index (χ2n) is 8.00. The lowest BCUT2D eigenvalue weighted by atomic mass is 10.1. The number of hydrogen-bond donors (Lipinski definition) is 4. The largest absolute Gasteiger partial charge is 0.391 e. The summed E-state index contributed by atoms with van der Waals surface area (Å²) in [6, 6.07) is 12.4. The Balaban J connectivity index is 1.94. The first-order valence-corrected chi connectivity index (χ1v) is 11.1. The van der Waals surface area contributed by atoms with Crippen molar-refractivity contribution in [2.24, 2.45) is 0 Å². The molecule has 0 spiro atoms. The lowest BCUT2D eigenvalue weighted by Crippen LogP contribution is -2.48. The van der Waals surface area contributed by atoms with Crippen molar-refractivity contribution >= 4 is 23.3 Å². The van der Waals surface area contributed by atoms with Crippen molar-refractivity contribution in [2.45, 2.75) is 19.1 Å². The van der Waals surface area contributed by atoms with Crippen LogP contribution in [0.3, 0.4) is 0 Å². The normalized spacial score (nSPS) is 12.3. The van der Waals surface area contributed by atoms with Gasteiger partial charge in [0.15, 0.2) is 5.78 Å². The molecule has 0 heterocycles. The van der Waals surface area contributed by atoms with Crippen LogP contribution in [0.5, 0.6) is 0 Å². The second-order valence-corrected chi connectivity index (χ2v) is 8.00. The number of methoxy groups -OCH3 is 1. The maximum atomic E-state index is 12.4. The van der Waals surface area contributed by atoms with Crippen molar-refractivity contribution < 1.29 is 29.3 Å². The number of Topliss-reactive ketones (excluding diaryl/α,β-unsaturated/α-hetero) is 1. The molecule has 2 amide bonds. The predicted molar refractivity (Wildman–Crippen MR) is 132 cm³/mol. The number of amides is 2. The van der Waals surface area contributed by atoms with Gasteiger partial charge >= 0.3 is 0 Å². The molecule has 2 aromatic carbocycles. The Morgan fingerprint density at radius 2 is 1.60 bits per heavy atom. The first-order valence-electron chi connectivity index (χ1n) is 11.1. The fourth-order valence-corrected chi connectivity index (χ4v) is 3.05. The van der Waals surface area contributed by atoms with Gasteiger partial charge < -0.3 is 25.6 Å². The molecular formula is C26H31N3O6. The molecule has 0 aliphatic rings. The van der Waals surface area contributed by atoms with Crippen LogP contribution in [0, 0.1) is 11.8 Å². The van der Waals surface area contributed by atoms with E-state index >= 15 is 0 Å². The van der Waals surface area contributed by atoms with Crippen LogP contribution in [0.1, 0.15) is 28.4 Å². The molecule has 186 valence electrons. The Labute approximate surface area is 205 Å². The van der Waals surface area contributed by atoms with Crippen LogP contribution >= 0.6 is 0 Å². The zero-order valence-electron chi connectivity index (χ0n) is 20.1. The van der Waals surface area contributed by atoms with E-state index in [0.29, 0.717) is 30.0 Å². The summed E-state index contributed by atoms with van der Waals surface area (Å²) in [6.07, 6.45) is -1.13. The molecule has 0 unspecified atom stereocenters. The van der Waals surface area contributed by atoms with Gasteiger partial charge in [0, 0.05) is 36.0 Å². The van der Waals surface area contributed by atoms with Crippen LogP contribution in [0.25, 0.3) is 0 Å². The number of anilines is 1. The minimum Gasteiger partial charge on any atom is -0.391 e. The Bertz CT molecular complexity index is 1060. The van der Waals surface area contributed by atoms with Crippen LogP contribution < -0.4 is 10.6 Å². The van der Waals surface area contributed by atoms with Gasteiger partial charge in [-0.2, -0.15) is 0 Å². The molecule has 0 bridgehead atoms. The van der Waals surface area contributed by atoms with Crippen LogP contribution in [-0.2, 0) is 14.3 Å². The van der Waals surface area contributed by atoms with Crippen LogP contribution in [0.2, 0.25) is 0 Å². The number of hydrogen-bond acceptors (Lipinski definition) is 7. The predicted octanol–water partition coefficient (Wildman–Crippen LogP) is 0.644. The van der Waals surface area contributed by atoms with E-state index in [1.54, 1.807) is 55.6 Å². The maximum Gasteiger partial charge on any atom is 0.251 e. The van der Waals surface area contributed by atoms with Gasteiger partial charge in [-0.25, -0.2) is 0 Å². The zero-order valence-corrected chi connectivity index (χ0v) is 20.1. The van der Waals surface area contributed by atoms with Gasteiger partial charge in [0.1, 0.15) is 12.6 Å². The number of nitrogens with zero attached hydrogens (tertiary/aromatic N) is 1. The van der Waals surface area contributed by atoms with E-state index in [4.69, 9.17) is 9.84 Å². The Kier molecular flexibility index (Phi) is 11.1. The average molecular weight is 482 g/mol. The summed E-state index contributed by atoms with van der Waals surface area (Å²) in [5.41, 5.74) is 2.40. The number of benzene rings is 2. The summed E-state index contributed by atoms with van der Waals surface area (Å²) in [6.45, 7) is 2.07. The number of nitrogens with one attached hydrogen (secondary N) is 2. The summed E-state index contributed by atoms with van der Waals surface area (Å²) >= 11 is 0. The second kappa shape index (κ2) is 14.0. The molecule has 0 radical (unpaired) electrons. The van der Waals surface area contributed by atoms with Gasteiger partial charge in [-0.1, -0.05) is 11.8 Å². The number of carbonyl (C=O) groups excluding carboxylic acids is 3. The molecule has 2 rings (SSSR count). The monoisotopic (exact) mass is 481 g/mol. The first-order chi connectivity index (χ1) is 16.7. The van der Waals surface area contributed by atoms with Crippen molar-refractivity contribution in [2.75, 3.05) is 45.8 Å². The minimum absolute atomic E-state index is 0.118. The van der Waals surface area contributed by atoms with E-state index in [0.717, 1.165) is 5.56 Å². The molecule has 2 atom stereocenters. The molecule has 0 aliphatic carbocycles.